The maximum atomic E-state index is 12.8. The lowest BCUT2D eigenvalue weighted by Gasteiger charge is -2.24. The van der Waals surface area contributed by atoms with Gasteiger partial charge < -0.3 is 14.5 Å². The summed E-state index contributed by atoms with van der Waals surface area (Å²) in [6.07, 6.45) is 5.77. The Bertz CT molecular complexity index is 1940. The van der Waals surface area contributed by atoms with E-state index in [1.807, 2.05) is 25.4 Å². The number of methoxy groups -OCH3 is 1. The number of anilines is 1. The van der Waals surface area contributed by atoms with Crippen LogP contribution in [0.3, 0.4) is 0 Å². The lowest BCUT2D eigenvalue weighted by Crippen LogP contribution is -2.49. The molecular formula is C31H32ClN9O5S. The second kappa shape index (κ2) is 14.3. The van der Waals surface area contributed by atoms with Crippen LogP contribution < -0.4 is 20.3 Å². The molecule has 47 heavy (non-hydrogen) atoms. The molecule has 3 aromatic heterocycles. The number of ether oxygens (including phenoxy) is 1. The van der Waals surface area contributed by atoms with E-state index in [2.05, 4.69) is 37.1 Å². The molecule has 0 atom stereocenters. The minimum absolute atomic E-state index is 0.183. The number of halogens is 1. The van der Waals surface area contributed by atoms with Gasteiger partial charge >= 0.3 is 6.03 Å². The van der Waals surface area contributed by atoms with Crippen LogP contribution in [0.15, 0.2) is 58.3 Å². The lowest BCUT2D eigenvalue weighted by molar-refractivity contribution is -0.120. The molecule has 0 radical (unpaired) electrons. The Morgan fingerprint density at radius 1 is 1.19 bits per heavy atom. The molecule has 0 bridgehead atoms. The fourth-order valence-electron chi connectivity index (χ4n) is 5.23. The van der Waals surface area contributed by atoms with Gasteiger partial charge in [-0.3, -0.25) is 29.2 Å². The number of imide groups is 1. The zero-order valence-electron chi connectivity index (χ0n) is 25.7. The Morgan fingerprint density at radius 2 is 2.06 bits per heavy atom. The third-order valence-electron chi connectivity index (χ3n) is 7.59. The smallest absolute Gasteiger partial charge is 0.329 e. The van der Waals surface area contributed by atoms with Gasteiger partial charge in [0.15, 0.2) is 23.7 Å². The van der Waals surface area contributed by atoms with Gasteiger partial charge in [0.25, 0.3) is 5.91 Å². The molecule has 0 saturated carbocycles. The molecule has 5 aromatic rings. The molecule has 0 aliphatic carbocycles. The molecule has 244 valence electrons. The number of amides is 4. The molecule has 1 saturated heterocycles. The maximum absolute atomic E-state index is 12.8. The lowest BCUT2D eigenvalue weighted by atomic mass is 10.1. The number of carbonyl (C=O) groups is 3. The van der Waals surface area contributed by atoms with E-state index in [0.717, 1.165) is 40.1 Å². The highest BCUT2D eigenvalue weighted by atomic mass is 35.5. The van der Waals surface area contributed by atoms with E-state index in [9.17, 15) is 14.4 Å². The molecule has 4 heterocycles. The van der Waals surface area contributed by atoms with Gasteiger partial charge in [-0.2, -0.15) is 5.10 Å². The van der Waals surface area contributed by atoms with Gasteiger partial charge in [-0.05, 0) is 61.4 Å². The summed E-state index contributed by atoms with van der Waals surface area (Å²) in [5.41, 5.74) is 2.63. The molecule has 2 N–H and O–H groups in total. The van der Waals surface area contributed by atoms with Crippen LogP contribution in [0, 0.1) is 0 Å². The van der Waals surface area contributed by atoms with E-state index < -0.39 is 6.03 Å². The fraction of sp³-hybridized carbons (Fsp3) is 0.323. The first-order valence-corrected chi connectivity index (χ1v) is 16.3. The number of hydrogen-bond acceptors (Lipinski definition) is 10. The molecule has 1 aliphatic rings. The predicted molar refractivity (Wildman–Crippen MR) is 176 cm³/mol. The summed E-state index contributed by atoms with van der Waals surface area (Å²) in [6, 6.07) is 10.7. The number of fused-ring (bicyclic) bond motifs is 1. The third kappa shape index (κ3) is 7.25. The van der Waals surface area contributed by atoms with Gasteiger partial charge in [0, 0.05) is 55.1 Å². The van der Waals surface area contributed by atoms with Crippen molar-refractivity contribution in [3.63, 3.8) is 0 Å². The van der Waals surface area contributed by atoms with E-state index >= 15 is 0 Å². The Kier molecular flexibility index (Phi) is 9.73. The molecule has 4 amide bonds. The number of benzene rings is 2. The summed E-state index contributed by atoms with van der Waals surface area (Å²) >= 11 is 7.97. The zero-order chi connectivity index (χ0) is 32.9. The number of aromatic nitrogens is 6. The number of urea groups is 1. The van der Waals surface area contributed by atoms with Crippen molar-refractivity contribution in [1.29, 1.82) is 0 Å². The summed E-state index contributed by atoms with van der Waals surface area (Å²) in [6.45, 7) is 1.33. The Morgan fingerprint density at radius 3 is 2.87 bits per heavy atom. The van der Waals surface area contributed by atoms with Crippen LogP contribution in [0.4, 0.5) is 10.6 Å². The van der Waals surface area contributed by atoms with Crippen molar-refractivity contribution in [2.24, 2.45) is 7.05 Å². The summed E-state index contributed by atoms with van der Waals surface area (Å²) in [4.78, 5) is 43.3. The maximum Gasteiger partial charge on any atom is 0.329 e. The van der Waals surface area contributed by atoms with Crippen LogP contribution in [0.2, 0.25) is 5.02 Å². The average molecular weight is 678 g/mol. The Balaban J connectivity index is 0.936. The quantitative estimate of drug-likeness (QED) is 0.134. The van der Waals surface area contributed by atoms with Gasteiger partial charge in [0.1, 0.15) is 5.75 Å². The minimum Gasteiger partial charge on any atom is -0.495 e. The first kappa shape index (κ1) is 32.1. The van der Waals surface area contributed by atoms with Crippen molar-refractivity contribution in [3.8, 4) is 17.1 Å². The number of rotatable bonds is 13. The number of carbonyl (C=O) groups excluding carboxylic acids is 3. The van der Waals surface area contributed by atoms with Gasteiger partial charge in [-0.15, -0.1) is 16.9 Å². The summed E-state index contributed by atoms with van der Waals surface area (Å²) < 4.78 is 14.2. The van der Waals surface area contributed by atoms with Gasteiger partial charge in [-0.1, -0.05) is 16.8 Å². The van der Waals surface area contributed by atoms with E-state index in [4.69, 9.17) is 20.8 Å². The molecular weight excluding hydrogens is 646 g/mol. The first-order valence-electron chi connectivity index (χ1n) is 15.0. The second-order valence-corrected chi connectivity index (χ2v) is 12.4. The predicted octanol–water partition coefficient (Wildman–Crippen LogP) is 4.47. The standard InChI is InChI=1S/C31H32ClN9O5S/c1-39-24-16-21(7-8-22(24)29(37-39)41-13-10-26(42)35-31(41)44)47-14-3-5-20-17-40(38-36-20)12-4-11-33-30(43)27-28(46-18-34-27)19-6-9-25(45-2)23(32)15-19/h6-9,15-18H,3-5,10-14H2,1-2H3,(H,33,43)(H,35,42,44). The summed E-state index contributed by atoms with van der Waals surface area (Å²) in [7, 11) is 3.38. The minimum atomic E-state index is -0.447. The monoisotopic (exact) mass is 677 g/mol. The highest BCUT2D eigenvalue weighted by Gasteiger charge is 2.28. The van der Waals surface area contributed by atoms with E-state index in [-0.39, 0.29) is 23.9 Å². The fourth-order valence-corrected chi connectivity index (χ4v) is 6.37. The third-order valence-corrected chi connectivity index (χ3v) is 8.97. The largest absolute Gasteiger partial charge is 0.495 e. The van der Waals surface area contributed by atoms with Crippen LogP contribution in [0.25, 0.3) is 22.2 Å². The average Bonchev–Trinajstić information content (AvgIpc) is 3.81. The van der Waals surface area contributed by atoms with E-state index in [1.54, 1.807) is 39.3 Å². The molecule has 16 heteroatoms. The van der Waals surface area contributed by atoms with Crippen LogP contribution >= 0.6 is 23.4 Å². The van der Waals surface area contributed by atoms with Gasteiger partial charge in [0.05, 0.1) is 23.3 Å². The van der Waals surface area contributed by atoms with E-state index in [0.29, 0.717) is 54.0 Å². The first-order chi connectivity index (χ1) is 22.8. The molecule has 6 rings (SSSR count). The number of aryl methyl sites for hydroxylation is 3. The number of nitrogens with zero attached hydrogens (tertiary/aromatic N) is 7. The Hall–Kier alpha value is -4.89. The molecule has 0 spiro atoms. The number of thioether (sulfide) groups is 1. The van der Waals surface area contributed by atoms with Gasteiger partial charge in [-0.25, -0.2) is 9.78 Å². The topological polar surface area (TPSA) is 162 Å². The van der Waals surface area contributed by atoms with Crippen LogP contribution in [0.1, 0.15) is 35.4 Å². The summed E-state index contributed by atoms with van der Waals surface area (Å²) in [5, 5.41) is 19.6. The highest BCUT2D eigenvalue weighted by molar-refractivity contribution is 7.99. The highest BCUT2D eigenvalue weighted by Crippen LogP contribution is 2.32. The number of nitrogens with one attached hydrogen (secondary N) is 2. The molecule has 1 aliphatic heterocycles. The van der Waals surface area contributed by atoms with Crippen LogP contribution in [-0.2, 0) is 24.8 Å². The zero-order valence-corrected chi connectivity index (χ0v) is 27.3. The van der Waals surface area contributed by atoms with Gasteiger partial charge in [0.2, 0.25) is 5.91 Å². The van der Waals surface area contributed by atoms with Crippen molar-refractivity contribution in [2.45, 2.75) is 37.1 Å². The number of hydrogen-bond donors (Lipinski definition) is 2. The van der Waals surface area contributed by atoms with Crippen molar-refractivity contribution in [2.75, 3.05) is 30.9 Å². The summed E-state index contributed by atoms with van der Waals surface area (Å²) in [5.74, 6) is 1.68. The van der Waals surface area contributed by atoms with Crippen LogP contribution in [-0.4, -0.2) is 73.6 Å². The normalized spacial score (nSPS) is 13.3. The van der Waals surface area contributed by atoms with Crippen molar-refractivity contribution < 1.29 is 23.5 Å². The van der Waals surface area contributed by atoms with Crippen LogP contribution in [0.5, 0.6) is 5.75 Å². The molecule has 0 unspecified atom stereocenters. The molecule has 14 nitrogen and oxygen atoms in total. The second-order valence-electron chi connectivity index (χ2n) is 10.8. The number of oxazole rings is 1. The van der Waals surface area contributed by atoms with Crippen molar-refractivity contribution in [3.05, 3.63) is 65.4 Å². The van der Waals surface area contributed by atoms with Crippen molar-refractivity contribution in [1.82, 2.24) is 40.4 Å². The molecule has 2 aromatic carbocycles. The SMILES string of the molecule is COc1ccc(-c2ocnc2C(=O)NCCCn2cc(CCCSc3ccc4c(N5CCC(=O)NC5=O)nn(C)c4c3)nn2)cc1Cl. The molecule has 1 fully saturated rings. The Labute approximate surface area is 278 Å². The van der Waals surface area contributed by atoms with Crippen molar-refractivity contribution >= 4 is 57.9 Å². The van der Waals surface area contributed by atoms with E-state index in [1.165, 1.54) is 18.4 Å².